The molecule has 0 radical (unpaired) electrons. The Kier molecular flexibility index (Phi) is 7.92. The molecule has 3 rings (SSSR count). The molecule has 1 N–H and O–H groups in total. The van der Waals surface area contributed by atoms with Gasteiger partial charge < -0.3 is 15.0 Å². The molecule has 1 saturated heterocycles. The summed E-state index contributed by atoms with van der Waals surface area (Å²) < 4.78 is 5.99. The lowest BCUT2D eigenvalue weighted by Crippen LogP contribution is -2.43. The van der Waals surface area contributed by atoms with Crippen molar-refractivity contribution in [3.8, 4) is 0 Å². The van der Waals surface area contributed by atoms with Crippen molar-refractivity contribution in [2.75, 3.05) is 33.3 Å². The van der Waals surface area contributed by atoms with Gasteiger partial charge in [-0.15, -0.1) is 24.0 Å². The molecule has 0 aromatic carbocycles. The predicted molar refractivity (Wildman–Crippen MR) is 107 cm³/mol. The van der Waals surface area contributed by atoms with Gasteiger partial charge in [-0.3, -0.25) is 4.99 Å². The number of halogens is 1. The summed E-state index contributed by atoms with van der Waals surface area (Å²) in [4.78, 5) is 6.93. The molecule has 0 atom stereocenters. The van der Waals surface area contributed by atoms with E-state index >= 15 is 0 Å². The summed E-state index contributed by atoms with van der Waals surface area (Å²) in [7, 11) is 1.91. The van der Waals surface area contributed by atoms with Crippen LogP contribution in [0.4, 0.5) is 0 Å². The molecule has 1 heterocycles. The highest BCUT2D eigenvalue weighted by Gasteiger charge is 2.43. The largest absolute Gasteiger partial charge is 0.378 e. The predicted octanol–water partition coefficient (Wildman–Crippen LogP) is 3.80. The molecule has 1 aliphatic heterocycles. The van der Waals surface area contributed by atoms with Crippen molar-refractivity contribution in [3.05, 3.63) is 0 Å². The third-order valence-electron chi connectivity index (χ3n) is 5.87. The molecule has 3 fully saturated rings. The average molecular weight is 435 g/mol. The minimum atomic E-state index is 0. The van der Waals surface area contributed by atoms with Crippen LogP contribution in [0.1, 0.15) is 64.2 Å². The number of nitrogens with zero attached hydrogens (tertiary/aromatic N) is 2. The van der Waals surface area contributed by atoms with Gasteiger partial charge in [-0.1, -0.05) is 25.7 Å². The summed E-state index contributed by atoms with van der Waals surface area (Å²) in [6.07, 6.45) is 13.9. The van der Waals surface area contributed by atoms with Crippen LogP contribution in [-0.4, -0.2) is 50.3 Å². The molecule has 1 spiro atoms. The van der Waals surface area contributed by atoms with Gasteiger partial charge in [0, 0.05) is 33.3 Å². The van der Waals surface area contributed by atoms with Gasteiger partial charge >= 0.3 is 0 Å². The lowest BCUT2D eigenvalue weighted by molar-refractivity contribution is 0.0276. The Balaban J connectivity index is 0.00000192. The van der Waals surface area contributed by atoms with E-state index in [4.69, 9.17) is 4.74 Å². The molecule has 3 aliphatic rings. The highest BCUT2D eigenvalue weighted by molar-refractivity contribution is 14.0. The Morgan fingerprint density at radius 1 is 1.17 bits per heavy atom. The second-order valence-electron chi connectivity index (χ2n) is 7.48. The number of hydrogen-bond acceptors (Lipinski definition) is 2. The van der Waals surface area contributed by atoms with Crippen molar-refractivity contribution in [2.45, 2.75) is 70.3 Å². The zero-order valence-corrected chi connectivity index (χ0v) is 17.0. The lowest BCUT2D eigenvalue weighted by Gasteiger charge is -2.38. The molecule has 134 valence electrons. The number of nitrogens with one attached hydrogen (secondary N) is 1. The first-order valence-electron chi connectivity index (χ1n) is 9.39. The van der Waals surface area contributed by atoms with Gasteiger partial charge in [-0.25, -0.2) is 0 Å². The van der Waals surface area contributed by atoms with Gasteiger partial charge in [0.05, 0.1) is 6.10 Å². The quantitative estimate of drug-likeness (QED) is 0.309. The summed E-state index contributed by atoms with van der Waals surface area (Å²) in [6, 6.07) is 0. The molecule has 0 unspecified atom stereocenters. The fourth-order valence-corrected chi connectivity index (χ4v) is 4.29. The first-order chi connectivity index (χ1) is 10.8. The summed E-state index contributed by atoms with van der Waals surface area (Å²) in [5, 5.41) is 3.53. The standard InChI is InChI=1S/C18H33N3O.HI/c1-19-17(21-13-11-18(15-21)9-5-10-18)20-12-6-14-22-16-7-3-2-4-8-16;/h16H,2-15H2,1H3,(H,19,20);1H. The van der Waals surface area contributed by atoms with Gasteiger partial charge in [0.2, 0.25) is 0 Å². The summed E-state index contributed by atoms with van der Waals surface area (Å²) >= 11 is 0. The maximum atomic E-state index is 5.99. The fraction of sp³-hybridized carbons (Fsp3) is 0.944. The Hall–Kier alpha value is -0.0400. The molecule has 23 heavy (non-hydrogen) atoms. The van der Waals surface area contributed by atoms with Gasteiger partial charge in [-0.05, 0) is 43.9 Å². The number of likely N-dealkylation sites (tertiary alicyclic amines) is 1. The van der Waals surface area contributed by atoms with Crippen LogP contribution in [-0.2, 0) is 4.74 Å². The van der Waals surface area contributed by atoms with Gasteiger partial charge in [-0.2, -0.15) is 0 Å². The topological polar surface area (TPSA) is 36.9 Å². The monoisotopic (exact) mass is 435 g/mol. The molecule has 5 heteroatoms. The van der Waals surface area contributed by atoms with E-state index in [2.05, 4.69) is 15.2 Å². The van der Waals surface area contributed by atoms with Crippen molar-refractivity contribution in [1.29, 1.82) is 0 Å². The van der Waals surface area contributed by atoms with Crippen LogP contribution in [0.25, 0.3) is 0 Å². The number of rotatable bonds is 5. The normalized spacial score (nSPS) is 24.4. The molecule has 4 nitrogen and oxygen atoms in total. The zero-order valence-electron chi connectivity index (χ0n) is 14.7. The van der Waals surface area contributed by atoms with Crippen molar-refractivity contribution in [3.63, 3.8) is 0 Å². The van der Waals surface area contributed by atoms with E-state index in [1.54, 1.807) is 0 Å². The Labute approximate surface area is 158 Å². The zero-order chi connectivity index (χ0) is 15.3. The van der Waals surface area contributed by atoms with Crippen LogP contribution >= 0.6 is 24.0 Å². The Bertz CT molecular complexity index is 378. The highest BCUT2D eigenvalue weighted by Crippen LogP contribution is 2.47. The molecular weight excluding hydrogens is 401 g/mol. The van der Waals surface area contributed by atoms with Crippen LogP contribution in [0, 0.1) is 5.41 Å². The molecular formula is C18H34IN3O. The minimum absolute atomic E-state index is 0. The highest BCUT2D eigenvalue weighted by atomic mass is 127. The third kappa shape index (κ3) is 5.21. The molecule has 0 bridgehead atoms. The van der Waals surface area contributed by atoms with E-state index < -0.39 is 0 Å². The van der Waals surface area contributed by atoms with Gasteiger partial charge in [0.1, 0.15) is 0 Å². The van der Waals surface area contributed by atoms with E-state index in [0.717, 1.165) is 25.5 Å². The smallest absolute Gasteiger partial charge is 0.193 e. The molecule has 0 amide bonds. The van der Waals surface area contributed by atoms with E-state index in [9.17, 15) is 0 Å². The summed E-state index contributed by atoms with van der Waals surface area (Å²) in [6.45, 7) is 4.25. The van der Waals surface area contributed by atoms with Crippen molar-refractivity contribution in [1.82, 2.24) is 10.2 Å². The van der Waals surface area contributed by atoms with Crippen LogP contribution in [0.15, 0.2) is 4.99 Å². The number of ether oxygens (including phenoxy) is 1. The van der Waals surface area contributed by atoms with Crippen LogP contribution in [0.5, 0.6) is 0 Å². The van der Waals surface area contributed by atoms with E-state index in [1.165, 1.54) is 70.9 Å². The fourth-order valence-electron chi connectivity index (χ4n) is 4.29. The van der Waals surface area contributed by atoms with Crippen LogP contribution in [0.2, 0.25) is 0 Å². The second kappa shape index (κ2) is 9.44. The summed E-state index contributed by atoms with van der Waals surface area (Å²) in [5.41, 5.74) is 0.641. The SMILES string of the molecule is CN=C(NCCCOC1CCCCC1)N1CCC2(CCC2)C1.I. The van der Waals surface area contributed by atoms with Crippen molar-refractivity contribution < 1.29 is 4.74 Å². The molecule has 0 aromatic heterocycles. The van der Waals surface area contributed by atoms with Crippen LogP contribution in [0.3, 0.4) is 0 Å². The van der Waals surface area contributed by atoms with Gasteiger partial charge in [0.25, 0.3) is 0 Å². The van der Waals surface area contributed by atoms with E-state index in [-0.39, 0.29) is 24.0 Å². The summed E-state index contributed by atoms with van der Waals surface area (Å²) in [5.74, 6) is 1.10. The van der Waals surface area contributed by atoms with E-state index in [1.807, 2.05) is 7.05 Å². The number of hydrogen-bond donors (Lipinski definition) is 1. The Morgan fingerprint density at radius 3 is 2.57 bits per heavy atom. The van der Waals surface area contributed by atoms with Crippen molar-refractivity contribution in [2.24, 2.45) is 10.4 Å². The maximum absolute atomic E-state index is 5.99. The first-order valence-corrected chi connectivity index (χ1v) is 9.39. The molecule has 2 aliphatic carbocycles. The first kappa shape index (κ1) is 19.3. The molecule has 2 saturated carbocycles. The molecule has 0 aromatic rings. The van der Waals surface area contributed by atoms with Crippen molar-refractivity contribution >= 4 is 29.9 Å². The third-order valence-corrected chi connectivity index (χ3v) is 5.87. The van der Waals surface area contributed by atoms with E-state index in [0.29, 0.717) is 11.5 Å². The number of aliphatic imine (C=N–C) groups is 1. The second-order valence-corrected chi connectivity index (χ2v) is 7.48. The van der Waals surface area contributed by atoms with Gasteiger partial charge in [0.15, 0.2) is 5.96 Å². The Morgan fingerprint density at radius 2 is 1.96 bits per heavy atom. The number of guanidine groups is 1. The maximum Gasteiger partial charge on any atom is 0.193 e. The average Bonchev–Trinajstić information content (AvgIpc) is 2.97. The minimum Gasteiger partial charge on any atom is -0.378 e. The van der Waals surface area contributed by atoms with Crippen LogP contribution < -0.4 is 5.32 Å². The lowest BCUT2D eigenvalue weighted by atomic mass is 9.68.